The molecule has 2 aromatic rings. The van der Waals surface area contributed by atoms with Gasteiger partial charge < -0.3 is 24.6 Å². The molecule has 0 bridgehead atoms. The van der Waals surface area contributed by atoms with Gasteiger partial charge in [0.15, 0.2) is 6.61 Å². The summed E-state index contributed by atoms with van der Waals surface area (Å²) >= 11 is 1.60. The van der Waals surface area contributed by atoms with Gasteiger partial charge in [0.2, 0.25) is 0 Å². The molecule has 0 unspecified atom stereocenters. The first kappa shape index (κ1) is 18.2. The summed E-state index contributed by atoms with van der Waals surface area (Å²) in [5, 5.41) is 4.88. The van der Waals surface area contributed by atoms with Gasteiger partial charge in [0, 0.05) is 31.3 Å². The van der Waals surface area contributed by atoms with Crippen LogP contribution in [0.5, 0.6) is 5.75 Å². The van der Waals surface area contributed by atoms with Crippen LogP contribution in [0.4, 0.5) is 16.2 Å². The third-order valence-corrected chi connectivity index (χ3v) is 4.94. The van der Waals surface area contributed by atoms with Crippen molar-refractivity contribution >= 4 is 34.6 Å². The van der Waals surface area contributed by atoms with Gasteiger partial charge in [-0.05, 0) is 29.6 Å². The number of methoxy groups -OCH3 is 1. The monoisotopic (exact) mass is 375 g/mol. The van der Waals surface area contributed by atoms with Crippen LogP contribution in [-0.2, 0) is 16.1 Å². The lowest BCUT2D eigenvalue weighted by Gasteiger charge is -2.27. The summed E-state index contributed by atoms with van der Waals surface area (Å²) in [6.45, 7) is 1.47. The Labute approximate surface area is 156 Å². The van der Waals surface area contributed by atoms with Gasteiger partial charge in [0.25, 0.3) is 5.91 Å². The van der Waals surface area contributed by atoms with Crippen LogP contribution in [0.3, 0.4) is 0 Å². The smallest absolute Gasteiger partial charge is 0.322 e. The molecule has 1 aromatic carbocycles. The number of amides is 3. The molecule has 8 heteroatoms. The van der Waals surface area contributed by atoms with Crippen LogP contribution in [0.1, 0.15) is 4.88 Å². The second-order valence-corrected chi connectivity index (χ2v) is 6.88. The standard InChI is InChI=1S/C18H21N3O4S/c1-20-15-10-13(5-6-16(15)25-12-17(20)22)19-18(23)21(7-8-24-2)11-14-4-3-9-26-14/h3-6,9-10H,7-8,11-12H2,1-2H3,(H,19,23). The van der Waals surface area contributed by atoms with E-state index in [2.05, 4.69) is 5.32 Å². The molecule has 0 aliphatic carbocycles. The molecule has 2 heterocycles. The van der Waals surface area contributed by atoms with Crippen molar-refractivity contribution in [3.63, 3.8) is 0 Å². The molecule has 0 saturated carbocycles. The van der Waals surface area contributed by atoms with Gasteiger partial charge in [-0.3, -0.25) is 4.79 Å². The molecule has 3 amide bonds. The molecule has 1 aliphatic rings. The molecular weight excluding hydrogens is 354 g/mol. The third kappa shape index (κ3) is 4.14. The molecule has 26 heavy (non-hydrogen) atoms. The van der Waals surface area contributed by atoms with Crippen LogP contribution in [0.25, 0.3) is 0 Å². The number of urea groups is 1. The van der Waals surface area contributed by atoms with E-state index in [9.17, 15) is 9.59 Å². The summed E-state index contributed by atoms with van der Waals surface area (Å²) in [6, 6.07) is 8.99. The summed E-state index contributed by atoms with van der Waals surface area (Å²) in [5.74, 6) is 0.500. The van der Waals surface area contributed by atoms with Crippen LogP contribution in [0, 0.1) is 0 Å². The first-order valence-electron chi connectivity index (χ1n) is 8.19. The Hall–Kier alpha value is -2.58. The average Bonchev–Trinajstić information content (AvgIpc) is 3.15. The minimum absolute atomic E-state index is 0.0286. The predicted octanol–water partition coefficient (Wildman–Crippen LogP) is 2.78. The van der Waals surface area contributed by atoms with E-state index in [1.807, 2.05) is 17.5 Å². The number of hydrogen-bond donors (Lipinski definition) is 1. The highest BCUT2D eigenvalue weighted by Gasteiger charge is 2.23. The largest absolute Gasteiger partial charge is 0.482 e. The van der Waals surface area contributed by atoms with Crippen LogP contribution in [0.2, 0.25) is 0 Å². The number of nitrogens with zero attached hydrogens (tertiary/aromatic N) is 2. The number of rotatable bonds is 6. The van der Waals surface area contributed by atoms with Crippen molar-refractivity contribution < 1.29 is 19.1 Å². The molecular formula is C18H21N3O4S. The second kappa shape index (κ2) is 8.20. The van der Waals surface area contributed by atoms with Crippen molar-refractivity contribution in [2.45, 2.75) is 6.54 Å². The number of ether oxygens (including phenoxy) is 2. The van der Waals surface area contributed by atoms with Gasteiger partial charge >= 0.3 is 6.03 Å². The van der Waals surface area contributed by atoms with Crippen molar-refractivity contribution in [1.82, 2.24) is 4.90 Å². The minimum Gasteiger partial charge on any atom is -0.482 e. The number of carbonyl (C=O) groups excluding carboxylic acids is 2. The van der Waals surface area contributed by atoms with Gasteiger partial charge in [-0.25, -0.2) is 4.79 Å². The van der Waals surface area contributed by atoms with Crippen molar-refractivity contribution in [3.05, 3.63) is 40.6 Å². The molecule has 0 radical (unpaired) electrons. The summed E-state index contributed by atoms with van der Waals surface area (Å²) in [5.41, 5.74) is 1.24. The SMILES string of the molecule is COCCN(Cc1cccs1)C(=O)Nc1ccc2c(c1)N(C)C(=O)CO2. The number of nitrogens with one attached hydrogen (secondary N) is 1. The predicted molar refractivity (Wildman–Crippen MR) is 101 cm³/mol. The van der Waals surface area contributed by atoms with Gasteiger partial charge in [-0.15, -0.1) is 11.3 Å². The molecule has 7 nitrogen and oxygen atoms in total. The molecule has 138 valence electrons. The van der Waals surface area contributed by atoms with E-state index in [1.165, 1.54) is 4.90 Å². The molecule has 0 fully saturated rings. The normalized spacial score (nSPS) is 13.2. The fourth-order valence-corrected chi connectivity index (χ4v) is 3.32. The van der Waals surface area contributed by atoms with Crippen LogP contribution in [0.15, 0.2) is 35.7 Å². The highest BCUT2D eigenvalue weighted by Crippen LogP contribution is 2.33. The Balaban J connectivity index is 1.73. The van der Waals surface area contributed by atoms with Crippen LogP contribution < -0.4 is 15.0 Å². The number of anilines is 2. The van der Waals surface area contributed by atoms with Gasteiger partial charge in [-0.2, -0.15) is 0 Å². The molecule has 0 atom stereocenters. The lowest BCUT2D eigenvalue weighted by atomic mass is 10.2. The van der Waals surface area contributed by atoms with Crippen molar-refractivity contribution in [2.75, 3.05) is 44.1 Å². The van der Waals surface area contributed by atoms with Gasteiger partial charge in [0.05, 0.1) is 18.8 Å². The van der Waals surface area contributed by atoms with Crippen LogP contribution >= 0.6 is 11.3 Å². The first-order valence-corrected chi connectivity index (χ1v) is 9.07. The second-order valence-electron chi connectivity index (χ2n) is 5.85. The van der Waals surface area contributed by atoms with E-state index >= 15 is 0 Å². The maximum atomic E-state index is 12.7. The Morgan fingerprint density at radius 3 is 3.00 bits per heavy atom. The molecule has 1 N–H and O–H groups in total. The molecule has 1 aromatic heterocycles. The van der Waals surface area contributed by atoms with Gasteiger partial charge in [0.1, 0.15) is 5.75 Å². The maximum absolute atomic E-state index is 12.7. The number of hydrogen-bond acceptors (Lipinski definition) is 5. The maximum Gasteiger partial charge on any atom is 0.322 e. The zero-order valence-corrected chi connectivity index (χ0v) is 15.5. The Kier molecular flexibility index (Phi) is 5.75. The number of likely N-dealkylation sites (N-methyl/N-ethyl adjacent to an activating group) is 1. The lowest BCUT2D eigenvalue weighted by Crippen LogP contribution is -2.37. The summed E-state index contributed by atoms with van der Waals surface area (Å²) < 4.78 is 10.5. The first-order chi connectivity index (χ1) is 12.6. The number of fused-ring (bicyclic) bond motifs is 1. The topological polar surface area (TPSA) is 71.1 Å². The molecule has 0 spiro atoms. The number of carbonyl (C=O) groups is 2. The van der Waals surface area contributed by atoms with Gasteiger partial charge in [-0.1, -0.05) is 6.07 Å². The Morgan fingerprint density at radius 2 is 2.27 bits per heavy atom. The van der Waals surface area contributed by atoms with E-state index in [0.717, 1.165) is 4.88 Å². The van der Waals surface area contributed by atoms with Crippen molar-refractivity contribution in [1.29, 1.82) is 0 Å². The Bertz CT molecular complexity index is 779. The minimum atomic E-state index is -0.221. The molecule has 1 aliphatic heterocycles. The van der Waals surface area contributed by atoms with E-state index in [0.29, 0.717) is 36.8 Å². The zero-order valence-electron chi connectivity index (χ0n) is 14.7. The van der Waals surface area contributed by atoms with E-state index in [-0.39, 0.29) is 18.5 Å². The summed E-state index contributed by atoms with van der Waals surface area (Å²) in [7, 11) is 3.30. The fraction of sp³-hybridized carbons (Fsp3) is 0.333. The van der Waals surface area contributed by atoms with E-state index in [1.54, 1.807) is 48.6 Å². The molecule has 3 rings (SSSR count). The highest BCUT2D eigenvalue weighted by molar-refractivity contribution is 7.09. The summed E-state index contributed by atoms with van der Waals surface area (Å²) in [4.78, 5) is 28.8. The van der Waals surface area contributed by atoms with E-state index < -0.39 is 0 Å². The highest BCUT2D eigenvalue weighted by atomic mass is 32.1. The summed E-state index contributed by atoms with van der Waals surface area (Å²) in [6.07, 6.45) is 0. The van der Waals surface area contributed by atoms with Crippen molar-refractivity contribution in [3.8, 4) is 5.75 Å². The fourth-order valence-electron chi connectivity index (χ4n) is 2.60. The van der Waals surface area contributed by atoms with Crippen molar-refractivity contribution in [2.24, 2.45) is 0 Å². The quantitative estimate of drug-likeness (QED) is 0.843. The third-order valence-electron chi connectivity index (χ3n) is 4.08. The number of thiophene rings is 1. The zero-order chi connectivity index (χ0) is 18.5. The number of benzene rings is 1. The van der Waals surface area contributed by atoms with E-state index in [4.69, 9.17) is 9.47 Å². The van der Waals surface area contributed by atoms with Crippen LogP contribution in [-0.4, -0.2) is 50.8 Å². The average molecular weight is 375 g/mol. The molecule has 0 saturated heterocycles. The lowest BCUT2D eigenvalue weighted by molar-refractivity contribution is -0.120. The Morgan fingerprint density at radius 1 is 1.42 bits per heavy atom.